The molecule has 0 aromatic heterocycles. The van der Waals surface area contributed by atoms with Crippen molar-refractivity contribution in [3.8, 4) is 0 Å². The molecule has 1 aliphatic rings. The highest BCUT2D eigenvalue weighted by Gasteiger charge is 2.22. The Kier molecular flexibility index (Phi) is 4.77. The van der Waals surface area contributed by atoms with Gasteiger partial charge >= 0.3 is 0 Å². The summed E-state index contributed by atoms with van der Waals surface area (Å²) in [7, 11) is 0. The highest BCUT2D eigenvalue weighted by atomic mass is 16.3. The lowest BCUT2D eigenvalue weighted by Crippen LogP contribution is -2.45. The van der Waals surface area contributed by atoms with E-state index in [1.54, 1.807) is 0 Å². The molecule has 3 heteroatoms. The molecule has 2 N–H and O–H groups in total. The number of piperazine rings is 1. The van der Waals surface area contributed by atoms with E-state index in [0.717, 1.165) is 38.3 Å². The Morgan fingerprint density at radius 2 is 1.77 bits per heavy atom. The molecule has 2 aromatic carbocycles. The van der Waals surface area contributed by atoms with Crippen molar-refractivity contribution in [2.75, 3.05) is 32.7 Å². The van der Waals surface area contributed by atoms with Gasteiger partial charge in [0.2, 0.25) is 0 Å². The van der Waals surface area contributed by atoms with Crippen LogP contribution < -0.4 is 5.32 Å². The second-order valence-electron chi connectivity index (χ2n) is 6.49. The number of aliphatic hydroxyl groups is 1. The summed E-state index contributed by atoms with van der Waals surface area (Å²) in [6.45, 7) is 9.49. The van der Waals surface area contributed by atoms with E-state index in [2.05, 4.69) is 60.5 Å². The van der Waals surface area contributed by atoms with Crippen LogP contribution in [0.15, 0.2) is 36.4 Å². The van der Waals surface area contributed by atoms with Crippen LogP contribution in [0.2, 0.25) is 0 Å². The maximum absolute atomic E-state index is 10.9. The van der Waals surface area contributed by atoms with Gasteiger partial charge in [-0.2, -0.15) is 0 Å². The zero-order valence-electron chi connectivity index (χ0n) is 13.5. The van der Waals surface area contributed by atoms with Gasteiger partial charge in [0, 0.05) is 32.7 Å². The first-order chi connectivity index (χ1) is 10.7. The predicted molar refractivity (Wildman–Crippen MR) is 92.1 cm³/mol. The summed E-state index contributed by atoms with van der Waals surface area (Å²) in [5, 5.41) is 16.7. The quantitative estimate of drug-likeness (QED) is 0.911. The molecule has 1 saturated heterocycles. The van der Waals surface area contributed by atoms with Gasteiger partial charge in [-0.05, 0) is 34.7 Å². The molecule has 0 amide bonds. The largest absolute Gasteiger partial charge is 0.388 e. The first-order valence-corrected chi connectivity index (χ1v) is 8.26. The molecule has 3 nitrogen and oxygen atoms in total. The van der Waals surface area contributed by atoms with Crippen molar-refractivity contribution < 1.29 is 5.11 Å². The summed E-state index contributed by atoms with van der Waals surface area (Å²) in [5.74, 6) is 0.226. The minimum Gasteiger partial charge on any atom is -0.388 e. The van der Waals surface area contributed by atoms with Crippen molar-refractivity contribution in [1.82, 2.24) is 10.2 Å². The third kappa shape index (κ3) is 3.17. The minimum atomic E-state index is -0.416. The number of nitrogens with zero attached hydrogens (tertiary/aromatic N) is 1. The lowest BCUT2D eigenvalue weighted by molar-refractivity contribution is 0.0853. The van der Waals surface area contributed by atoms with Gasteiger partial charge in [0.25, 0.3) is 0 Å². The van der Waals surface area contributed by atoms with Crippen molar-refractivity contribution in [2.45, 2.75) is 20.0 Å². The van der Waals surface area contributed by atoms with E-state index in [1.165, 1.54) is 16.3 Å². The number of aliphatic hydroxyl groups excluding tert-OH is 1. The molecule has 118 valence electrons. The molecule has 2 atom stereocenters. The Morgan fingerprint density at radius 1 is 1.09 bits per heavy atom. The SMILES string of the molecule is Cc1ccc(C(O)C(C)CN2CCNCC2)c2ccccc12. The van der Waals surface area contributed by atoms with Crippen LogP contribution in [-0.4, -0.2) is 42.7 Å². The number of fused-ring (bicyclic) bond motifs is 1. The molecule has 0 radical (unpaired) electrons. The van der Waals surface area contributed by atoms with Crippen LogP contribution >= 0.6 is 0 Å². The van der Waals surface area contributed by atoms with Gasteiger partial charge in [0.05, 0.1) is 6.10 Å². The van der Waals surface area contributed by atoms with Gasteiger partial charge in [-0.25, -0.2) is 0 Å². The van der Waals surface area contributed by atoms with Gasteiger partial charge < -0.3 is 15.3 Å². The van der Waals surface area contributed by atoms with Gasteiger partial charge in [0.15, 0.2) is 0 Å². The molecule has 1 aliphatic heterocycles. The van der Waals surface area contributed by atoms with E-state index in [9.17, 15) is 5.11 Å². The average molecular weight is 298 g/mol. The summed E-state index contributed by atoms with van der Waals surface area (Å²) in [5.41, 5.74) is 2.32. The summed E-state index contributed by atoms with van der Waals surface area (Å²) in [6.07, 6.45) is -0.416. The van der Waals surface area contributed by atoms with Crippen LogP contribution in [0.25, 0.3) is 10.8 Å². The van der Waals surface area contributed by atoms with Gasteiger partial charge in [0.1, 0.15) is 0 Å². The molecular formula is C19H26N2O. The molecule has 2 unspecified atom stereocenters. The number of benzene rings is 2. The maximum atomic E-state index is 10.9. The Labute approximate surface area is 132 Å². The van der Waals surface area contributed by atoms with E-state index in [0.29, 0.717) is 0 Å². The molecule has 2 aromatic rings. The van der Waals surface area contributed by atoms with Crippen molar-refractivity contribution in [3.05, 3.63) is 47.5 Å². The van der Waals surface area contributed by atoms with Crippen molar-refractivity contribution >= 4 is 10.8 Å². The van der Waals surface area contributed by atoms with Crippen molar-refractivity contribution in [3.63, 3.8) is 0 Å². The topological polar surface area (TPSA) is 35.5 Å². The smallest absolute Gasteiger partial charge is 0.0833 e. The number of rotatable bonds is 4. The normalized spacial score (nSPS) is 19.2. The predicted octanol–water partition coefficient (Wildman–Crippen LogP) is 2.72. The number of aryl methyl sites for hydroxylation is 1. The standard InChI is InChI=1S/C19H26N2O/c1-14-7-8-18(17-6-4-3-5-16(14)17)19(22)15(2)13-21-11-9-20-10-12-21/h3-8,15,19-20,22H,9-13H2,1-2H3. The number of hydrogen-bond acceptors (Lipinski definition) is 3. The minimum absolute atomic E-state index is 0.226. The van der Waals surface area contributed by atoms with Crippen molar-refractivity contribution in [2.24, 2.45) is 5.92 Å². The molecule has 22 heavy (non-hydrogen) atoms. The summed E-state index contributed by atoms with van der Waals surface area (Å²) in [6, 6.07) is 12.6. The molecule has 0 saturated carbocycles. The van der Waals surface area contributed by atoms with E-state index in [-0.39, 0.29) is 5.92 Å². The van der Waals surface area contributed by atoms with Gasteiger partial charge in [-0.3, -0.25) is 0 Å². The van der Waals surface area contributed by atoms with Crippen LogP contribution in [0.1, 0.15) is 24.2 Å². The second kappa shape index (κ2) is 6.78. The Morgan fingerprint density at radius 3 is 2.50 bits per heavy atom. The molecule has 1 fully saturated rings. The lowest BCUT2D eigenvalue weighted by atomic mass is 9.91. The Bertz CT molecular complexity index is 634. The molecule has 3 rings (SSSR count). The Hall–Kier alpha value is -1.42. The van der Waals surface area contributed by atoms with E-state index in [1.807, 2.05) is 0 Å². The monoisotopic (exact) mass is 298 g/mol. The van der Waals surface area contributed by atoms with Crippen LogP contribution in [0.4, 0.5) is 0 Å². The molecule has 1 heterocycles. The lowest BCUT2D eigenvalue weighted by Gasteiger charge is -2.31. The summed E-state index contributed by atoms with van der Waals surface area (Å²) >= 11 is 0. The fraction of sp³-hybridized carbons (Fsp3) is 0.474. The summed E-state index contributed by atoms with van der Waals surface area (Å²) in [4.78, 5) is 2.45. The maximum Gasteiger partial charge on any atom is 0.0833 e. The molecule has 0 aliphatic carbocycles. The zero-order chi connectivity index (χ0) is 15.5. The fourth-order valence-corrected chi connectivity index (χ4v) is 3.44. The van der Waals surface area contributed by atoms with Crippen molar-refractivity contribution in [1.29, 1.82) is 0 Å². The van der Waals surface area contributed by atoms with Crippen LogP contribution in [0, 0.1) is 12.8 Å². The highest BCUT2D eigenvalue weighted by Crippen LogP contribution is 2.31. The fourth-order valence-electron chi connectivity index (χ4n) is 3.44. The third-order valence-corrected chi connectivity index (χ3v) is 4.79. The number of nitrogens with one attached hydrogen (secondary N) is 1. The first kappa shape index (κ1) is 15.5. The first-order valence-electron chi connectivity index (χ1n) is 8.26. The molecule has 0 bridgehead atoms. The van der Waals surface area contributed by atoms with E-state index < -0.39 is 6.10 Å². The van der Waals surface area contributed by atoms with Crippen LogP contribution in [0.5, 0.6) is 0 Å². The van der Waals surface area contributed by atoms with Gasteiger partial charge in [-0.15, -0.1) is 0 Å². The number of hydrogen-bond donors (Lipinski definition) is 2. The third-order valence-electron chi connectivity index (χ3n) is 4.79. The highest BCUT2D eigenvalue weighted by molar-refractivity contribution is 5.88. The van der Waals surface area contributed by atoms with Gasteiger partial charge in [-0.1, -0.05) is 43.3 Å². The van der Waals surface area contributed by atoms with E-state index >= 15 is 0 Å². The van der Waals surface area contributed by atoms with E-state index in [4.69, 9.17) is 0 Å². The second-order valence-corrected chi connectivity index (χ2v) is 6.49. The average Bonchev–Trinajstić information content (AvgIpc) is 2.56. The van der Waals surface area contributed by atoms with Crippen LogP contribution in [0.3, 0.4) is 0 Å². The summed E-state index contributed by atoms with van der Waals surface area (Å²) < 4.78 is 0. The zero-order valence-corrected chi connectivity index (χ0v) is 13.5. The molecule has 0 spiro atoms. The van der Waals surface area contributed by atoms with Crippen LogP contribution in [-0.2, 0) is 0 Å². The molecular weight excluding hydrogens is 272 g/mol. The Balaban J connectivity index is 1.82.